The fourth-order valence-corrected chi connectivity index (χ4v) is 3.94. The maximum Gasteiger partial charge on any atom is 1.00 e. The summed E-state index contributed by atoms with van der Waals surface area (Å²) in [6, 6.07) is 12.3. The zero-order valence-electron chi connectivity index (χ0n) is 19.4. The maximum atomic E-state index is 11.7. The Labute approximate surface area is 235 Å². The number of carboxylic acid groups (broad SMARTS) is 1. The molecular formula is C25H19N6NaO3S. The van der Waals surface area contributed by atoms with Crippen LogP contribution in [0, 0.1) is 40.8 Å². The first-order chi connectivity index (χ1) is 17.1. The molecule has 4 rings (SSSR count). The van der Waals surface area contributed by atoms with E-state index in [1.165, 1.54) is 0 Å². The SMILES string of the molecule is C#CC#CC#CCN1c2ccc(OCNc3cccc(-n4[nH]nnc4=S)c3)cc2CCC1C(=O)[O-].[Na+]. The number of benzene rings is 2. The summed E-state index contributed by atoms with van der Waals surface area (Å²) in [6.45, 7) is 0.415. The topological polar surface area (TPSA) is 111 Å². The summed E-state index contributed by atoms with van der Waals surface area (Å²) in [7, 11) is 0. The minimum Gasteiger partial charge on any atom is -0.548 e. The summed E-state index contributed by atoms with van der Waals surface area (Å²) in [5.41, 5.74) is 3.36. The van der Waals surface area contributed by atoms with Crippen LogP contribution in [-0.4, -0.2) is 45.5 Å². The van der Waals surface area contributed by atoms with Crippen molar-refractivity contribution in [2.45, 2.75) is 18.9 Å². The Hall–Kier alpha value is -3.72. The van der Waals surface area contributed by atoms with E-state index in [4.69, 9.17) is 23.4 Å². The van der Waals surface area contributed by atoms with Gasteiger partial charge in [-0.15, -0.1) is 6.42 Å². The van der Waals surface area contributed by atoms with Crippen LogP contribution in [0.1, 0.15) is 12.0 Å². The van der Waals surface area contributed by atoms with Crippen LogP contribution in [0.25, 0.3) is 5.69 Å². The quantitative estimate of drug-likeness (QED) is 0.169. The van der Waals surface area contributed by atoms with Gasteiger partial charge in [0.1, 0.15) is 5.75 Å². The third kappa shape index (κ3) is 6.48. The van der Waals surface area contributed by atoms with Crippen molar-refractivity contribution >= 4 is 29.6 Å². The predicted molar refractivity (Wildman–Crippen MR) is 131 cm³/mol. The molecule has 1 atom stereocenters. The van der Waals surface area contributed by atoms with E-state index >= 15 is 0 Å². The second-order valence-electron chi connectivity index (χ2n) is 7.42. The normalized spacial score (nSPS) is 13.4. The molecule has 2 aromatic carbocycles. The van der Waals surface area contributed by atoms with Gasteiger partial charge in [0.25, 0.3) is 0 Å². The monoisotopic (exact) mass is 506 g/mol. The maximum absolute atomic E-state index is 11.7. The number of anilines is 2. The summed E-state index contributed by atoms with van der Waals surface area (Å²) < 4.78 is 7.80. The number of tetrazole rings is 1. The fraction of sp³-hybridized carbons (Fsp3) is 0.200. The van der Waals surface area contributed by atoms with Crippen molar-refractivity contribution in [3.63, 3.8) is 0 Å². The molecule has 0 radical (unpaired) electrons. The van der Waals surface area contributed by atoms with Gasteiger partial charge >= 0.3 is 29.6 Å². The Bertz CT molecular complexity index is 1470. The Kier molecular flexibility index (Phi) is 9.58. The molecule has 0 spiro atoms. The van der Waals surface area contributed by atoms with E-state index in [1.807, 2.05) is 36.4 Å². The number of rotatable bonds is 7. The number of hydrogen-bond donors (Lipinski definition) is 2. The molecule has 36 heavy (non-hydrogen) atoms. The number of aromatic nitrogens is 4. The van der Waals surface area contributed by atoms with Crippen molar-refractivity contribution in [3.05, 3.63) is 52.8 Å². The standard InChI is InChI=1S/C25H20N6O3S.Na/c1-2-3-4-5-6-14-30-22-13-11-21(15-18(22)10-12-23(30)24(32)33)34-17-26-19-8-7-9-20(16-19)31-25(35)27-28-29-31;/h1,7-9,11,13,15-16,23,26H,10,12,14,17H2,(H,32,33)(H,27,29,35);/q;+1/p-1. The Morgan fingerprint density at radius 1 is 1.28 bits per heavy atom. The molecule has 3 aromatic rings. The summed E-state index contributed by atoms with van der Waals surface area (Å²) in [4.78, 5) is 13.4. The third-order valence-corrected chi connectivity index (χ3v) is 5.59. The smallest absolute Gasteiger partial charge is 0.548 e. The number of ether oxygens (including phenoxy) is 1. The number of nitrogens with zero attached hydrogens (tertiary/aromatic N) is 4. The van der Waals surface area contributed by atoms with Gasteiger partial charge in [-0.2, -0.15) is 5.21 Å². The van der Waals surface area contributed by atoms with Gasteiger partial charge in [0, 0.05) is 11.4 Å². The Morgan fingerprint density at radius 2 is 2.14 bits per heavy atom. The first-order valence-corrected chi connectivity index (χ1v) is 11.0. The first-order valence-electron chi connectivity index (χ1n) is 10.6. The summed E-state index contributed by atoms with van der Waals surface area (Å²) >= 11 is 5.13. The van der Waals surface area contributed by atoms with Crippen molar-refractivity contribution in [2.75, 3.05) is 23.5 Å². The average Bonchev–Trinajstić information content (AvgIpc) is 3.29. The molecule has 0 aliphatic carbocycles. The molecule has 0 bridgehead atoms. The van der Waals surface area contributed by atoms with Crippen molar-refractivity contribution in [3.8, 4) is 47.5 Å². The Morgan fingerprint density at radius 3 is 2.89 bits per heavy atom. The Balaban J connectivity index is 0.00000361. The molecule has 1 aliphatic heterocycles. The number of H-pyrrole nitrogens is 1. The second kappa shape index (κ2) is 12.8. The van der Waals surface area contributed by atoms with Crippen LogP contribution in [0.3, 0.4) is 0 Å². The molecule has 2 heterocycles. The number of carboxylic acids is 1. The molecule has 1 aromatic heterocycles. The van der Waals surface area contributed by atoms with E-state index < -0.39 is 12.0 Å². The zero-order chi connectivity index (χ0) is 24.6. The number of nitrogens with one attached hydrogen (secondary N) is 2. The predicted octanol–water partition coefficient (Wildman–Crippen LogP) is -1.71. The second-order valence-corrected chi connectivity index (χ2v) is 7.79. The zero-order valence-corrected chi connectivity index (χ0v) is 22.3. The van der Waals surface area contributed by atoms with Gasteiger partial charge in [0.2, 0.25) is 4.77 Å². The van der Waals surface area contributed by atoms with Crippen molar-refractivity contribution in [2.24, 2.45) is 0 Å². The largest absolute Gasteiger partial charge is 1.00 e. The van der Waals surface area contributed by atoms with Crippen LogP contribution in [0.2, 0.25) is 0 Å². The van der Waals surface area contributed by atoms with E-state index in [1.54, 1.807) is 15.6 Å². The van der Waals surface area contributed by atoms with Crippen LogP contribution in [-0.2, 0) is 11.2 Å². The molecule has 174 valence electrons. The van der Waals surface area contributed by atoms with Crippen LogP contribution in [0.15, 0.2) is 42.5 Å². The van der Waals surface area contributed by atoms with E-state index in [2.05, 4.69) is 50.4 Å². The molecule has 11 heteroatoms. The van der Waals surface area contributed by atoms with Gasteiger partial charge in [-0.3, -0.25) is 0 Å². The molecule has 1 aliphatic rings. The van der Waals surface area contributed by atoms with Gasteiger partial charge in [0.05, 0.1) is 24.2 Å². The minimum atomic E-state index is -1.13. The van der Waals surface area contributed by atoms with Gasteiger partial charge in [-0.25, -0.2) is 4.68 Å². The van der Waals surface area contributed by atoms with Crippen LogP contribution >= 0.6 is 12.2 Å². The number of carbonyl (C=O) groups is 1. The first kappa shape index (κ1) is 26.9. The number of terminal acetylenes is 1. The van der Waals surface area contributed by atoms with E-state index in [0.29, 0.717) is 23.4 Å². The molecule has 0 saturated heterocycles. The molecule has 2 N–H and O–H groups in total. The molecule has 0 amide bonds. The molecule has 9 nitrogen and oxygen atoms in total. The number of hydrogen-bond acceptors (Lipinski definition) is 8. The van der Waals surface area contributed by atoms with Gasteiger partial charge in [-0.1, -0.05) is 22.3 Å². The van der Waals surface area contributed by atoms with Gasteiger partial charge in [-0.05, 0) is 90.7 Å². The van der Waals surface area contributed by atoms with Crippen molar-refractivity contribution in [1.29, 1.82) is 0 Å². The molecule has 1 unspecified atom stereocenters. The molecule has 0 saturated carbocycles. The number of aliphatic carboxylic acids is 1. The average molecular weight is 507 g/mol. The number of aromatic amines is 1. The third-order valence-electron chi connectivity index (χ3n) is 5.32. The number of aryl methyl sites for hydroxylation is 1. The molecule has 0 fully saturated rings. The number of fused-ring (bicyclic) bond motifs is 1. The van der Waals surface area contributed by atoms with E-state index in [0.717, 1.165) is 22.6 Å². The summed E-state index contributed by atoms with van der Waals surface area (Å²) in [5, 5.41) is 25.1. The minimum absolute atomic E-state index is 0. The summed E-state index contributed by atoms with van der Waals surface area (Å²) in [5.74, 6) is 12.1. The van der Waals surface area contributed by atoms with Crippen molar-refractivity contribution in [1.82, 2.24) is 20.2 Å². The van der Waals surface area contributed by atoms with E-state index in [-0.39, 0.29) is 42.8 Å². The summed E-state index contributed by atoms with van der Waals surface area (Å²) in [6.07, 6.45) is 6.07. The molecular weight excluding hydrogens is 487 g/mol. The van der Waals surface area contributed by atoms with Crippen LogP contribution < -0.4 is 49.6 Å². The van der Waals surface area contributed by atoms with Crippen molar-refractivity contribution < 1.29 is 44.2 Å². The number of carbonyl (C=O) groups excluding carboxylic acids is 1. The van der Waals surface area contributed by atoms with Gasteiger partial charge < -0.3 is 24.9 Å². The van der Waals surface area contributed by atoms with Crippen LogP contribution in [0.5, 0.6) is 5.75 Å². The fourth-order valence-electron chi connectivity index (χ4n) is 3.75. The van der Waals surface area contributed by atoms with Gasteiger partial charge in [0.15, 0.2) is 6.73 Å². The van der Waals surface area contributed by atoms with E-state index in [9.17, 15) is 9.90 Å². The van der Waals surface area contributed by atoms with Crippen LogP contribution in [0.4, 0.5) is 11.4 Å².